The fraction of sp³-hybridized carbons (Fsp3) is 0.647. The number of ether oxygens (including phenoxy) is 4. The molecule has 1 spiro atoms. The number of methoxy groups -OCH3 is 2. The Morgan fingerprint density at radius 1 is 1.10 bits per heavy atom. The normalized spacial score (nSPS) is 21.6. The van der Waals surface area contributed by atoms with Gasteiger partial charge in [-0.05, 0) is 48.9 Å². The minimum Gasteiger partial charge on any atom is -0.497 e. The molecule has 21 heavy (non-hydrogen) atoms. The zero-order chi connectivity index (χ0) is 14.7. The molecule has 0 radical (unpaired) electrons. The first-order valence-electron chi connectivity index (χ1n) is 7.73. The largest absolute Gasteiger partial charge is 0.497 e. The third-order valence-electron chi connectivity index (χ3n) is 4.68. The van der Waals surface area contributed by atoms with E-state index in [4.69, 9.17) is 18.9 Å². The van der Waals surface area contributed by atoms with Crippen molar-refractivity contribution in [3.05, 3.63) is 23.8 Å². The SMILES string of the molecule is COc1ccc(OC)c(CC2CCC3(CC2)OCCO3)c1. The lowest BCUT2D eigenvalue weighted by molar-refractivity contribution is -0.182. The van der Waals surface area contributed by atoms with Crippen LogP contribution in [0, 0.1) is 5.92 Å². The van der Waals surface area contributed by atoms with E-state index in [1.807, 2.05) is 12.1 Å². The maximum absolute atomic E-state index is 5.79. The van der Waals surface area contributed by atoms with E-state index in [9.17, 15) is 0 Å². The molecule has 1 aromatic carbocycles. The third-order valence-corrected chi connectivity index (χ3v) is 4.68. The van der Waals surface area contributed by atoms with Crippen molar-refractivity contribution in [3.63, 3.8) is 0 Å². The Balaban J connectivity index is 1.64. The Bertz CT molecular complexity index is 470. The molecule has 1 aliphatic carbocycles. The van der Waals surface area contributed by atoms with E-state index in [0.29, 0.717) is 5.92 Å². The van der Waals surface area contributed by atoms with Crippen LogP contribution in [0.15, 0.2) is 18.2 Å². The van der Waals surface area contributed by atoms with Crippen LogP contribution in [-0.2, 0) is 15.9 Å². The average Bonchev–Trinajstić information content (AvgIpc) is 2.98. The van der Waals surface area contributed by atoms with E-state index in [1.54, 1.807) is 14.2 Å². The Kier molecular flexibility index (Phi) is 4.36. The van der Waals surface area contributed by atoms with E-state index in [2.05, 4.69) is 6.07 Å². The molecule has 2 aliphatic rings. The summed E-state index contributed by atoms with van der Waals surface area (Å²) in [5.74, 6) is 2.23. The second kappa shape index (κ2) is 6.24. The van der Waals surface area contributed by atoms with Gasteiger partial charge in [0.25, 0.3) is 0 Å². The fourth-order valence-electron chi connectivity index (χ4n) is 3.46. The van der Waals surface area contributed by atoms with Gasteiger partial charge in [-0.2, -0.15) is 0 Å². The van der Waals surface area contributed by atoms with Gasteiger partial charge in [0.2, 0.25) is 0 Å². The van der Waals surface area contributed by atoms with Crippen LogP contribution >= 0.6 is 0 Å². The van der Waals surface area contributed by atoms with Crippen molar-refractivity contribution in [1.82, 2.24) is 0 Å². The van der Waals surface area contributed by atoms with Crippen LogP contribution in [0.25, 0.3) is 0 Å². The molecular weight excluding hydrogens is 268 g/mol. The van der Waals surface area contributed by atoms with E-state index in [-0.39, 0.29) is 5.79 Å². The lowest BCUT2D eigenvalue weighted by atomic mass is 9.81. The minimum atomic E-state index is -0.269. The van der Waals surface area contributed by atoms with Crippen LogP contribution in [0.4, 0.5) is 0 Å². The molecule has 1 heterocycles. The van der Waals surface area contributed by atoms with Crippen LogP contribution in [0.1, 0.15) is 31.2 Å². The van der Waals surface area contributed by atoms with Crippen molar-refractivity contribution in [1.29, 1.82) is 0 Å². The van der Waals surface area contributed by atoms with Gasteiger partial charge in [-0.15, -0.1) is 0 Å². The Labute approximate surface area is 126 Å². The third kappa shape index (κ3) is 3.16. The Hall–Kier alpha value is -1.26. The highest BCUT2D eigenvalue weighted by molar-refractivity contribution is 5.40. The summed E-state index contributed by atoms with van der Waals surface area (Å²) in [6, 6.07) is 6.02. The predicted octanol–water partition coefficient (Wildman–Crippen LogP) is 3.18. The second-order valence-electron chi connectivity index (χ2n) is 5.93. The molecule has 116 valence electrons. The number of benzene rings is 1. The van der Waals surface area contributed by atoms with Crippen molar-refractivity contribution in [2.45, 2.75) is 37.9 Å². The average molecular weight is 292 g/mol. The molecule has 2 fully saturated rings. The maximum atomic E-state index is 5.79. The molecule has 3 rings (SSSR count). The summed E-state index contributed by atoms with van der Waals surface area (Å²) in [5.41, 5.74) is 1.23. The van der Waals surface area contributed by atoms with Crippen molar-refractivity contribution < 1.29 is 18.9 Å². The highest BCUT2D eigenvalue weighted by Crippen LogP contribution is 2.40. The summed E-state index contributed by atoms with van der Waals surface area (Å²) < 4.78 is 22.4. The molecule has 1 saturated carbocycles. The van der Waals surface area contributed by atoms with E-state index < -0.39 is 0 Å². The lowest BCUT2D eigenvalue weighted by Gasteiger charge is -2.35. The molecule has 0 atom stereocenters. The highest BCUT2D eigenvalue weighted by Gasteiger charge is 2.40. The minimum absolute atomic E-state index is 0.269. The first kappa shape index (κ1) is 14.7. The second-order valence-corrected chi connectivity index (χ2v) is 5.93. The monoisotopic (exact) mass is 292 g/mol. The number of hydrogen-bond donors (Lipinski definition) is 0. The number of rotatable bonds is 4. The van der Waals surface area contributed by atoms with Crippen molar-refractivity contribution >= 4 is 0 Å². The summed E-state index contributed by atoms with van der Waals surface area (Å²) in [6.07, 6.45) is 5.31. The van der Waals surface area contributed by atoms with Gasteiger partial charge in [-0.3, -0.25) is 0 Å². The molecule has 1 aliphatic heterocycles. The van der Waals surface area contributed by atoms with Gasteiger partial charge < -0.3 is 18.9 Å². The summed E-state index contributed by atoms with van der Waals surface area (Å²) in [7, 11) is 3.42. The van der Waals surface area contributed by atoms with Crippen LogP contribution in [0.2, 0.25) is 0 Å². The molecule has 0 amide bonds. The standard InChI is InChI=1S/C17H24O4/c1-18-15-3-4-16(19-2)14(12-15)11-13-5-7-17(8-6-13)20-9-10-21-17/h3-4,12-13H,5-11H2,1-2H3. The van der Waals surface area contributed by atoms with Gasteiger partial charge in [0.05, 0.1) is 27.4 Å². The zero-order valence-electron chi connectivity index (χ0n) is 12.9. The van der Waals surface area contributed by atoms with Gasteiger partial charge in [0, 0.05) is 12.8 Å². The first-order chi connectivity index (χ1) is 10.2. The molecular formula is C17H24O4. The summed E-state index contributed by atoms with van der Waals surface area (Å²) in [4.78, 5) is 0. The van der Waals surface area contributed by atoms with E-state index in [0.717, 1.165) is 56.8 Å². The Morgan fingerprint density at radius 2 is 1.81 bits per heavy atom. The number of hydrogen-bond acceptors (Lipinski definition) is 4. The Morgan fingerprint density at radius 3 is 2.43 bits per heavy atom. The summed E-state index contributed by atoms with van der Waals surface area (Å²) >= 11 is 0. The van der Waals surface area contributed by atoms with Gasteiger partial charge >= 0.3 is 0 Å². The quantitative estimate of drug-likeness (QED) is 0.854. The lowest BCUT2D eigenvalue weighted by Crippen LogP contribution is -2.35. The van der Waals surface area contributed by atoms with Gasteiger partial charge in [0.1, 0.15) is 11.5 Å². The highest BCUT2D eigenvalue weighted by atomic mass is 16.7. The van der Waals surface area contributed by atoms with Gasteiger partial charge in [-0.1, -0.05) is 0 Å². The van der Waals surface area contributed by atoms with E-state index in [1.165, 1.54) is 5.56 Å². The predicted molar refractivity (Wildman–Crippen MR) is 79.8 cm³/mol. The maximum Gasteiger partial charge on any atom is 0.168 e. The molecule has 1 aromatic rings. The smallest absolute Gasteiger partial charge is 0.168 e. The van der Waals surface area contributed by atoms with Crippen LogP contribution in [0.5, 0.6) is 11.5 Å². The van der Waals surface area contributed by atoms with Gasteiger partial charge in [-0.25, -0.2) is 0 Å². The van der Waals surface area contributed by atoms with E-state index >= 15 is 0 Å². The van der Waals surface area contributed by atoms with Crippen molar-refractivity contribution in [2.24, 2.45) is 5.92 Å². The van der Waals surface area contributed by atoms with Crippen molar-refractivity contribution in [2.75, 3.05) is 27.4 Å². The first-order valence-corrected chi connectivity index (χ1v) is 7.73. The van der Waals surface area contributed by atoms with Gasteiger partial charge in [0.15, 0.2) is 5.79 Å². The fourth-order valence-corrected chi connectivity index (χ4v) is 3.46. The summed E-state index contributed by atoms with van der Waals surface area (Å²) in [5, 5.41) is 0. The zero-order valence-corrected chi connectivity index (χ0v) is 12.9. The summed E-state index contributed by atoms with van der Waals surface area (Å²) in [6.45, 7) is 1.49. The van der Waals surface area contributed by atoms with Crippen LogP contribution < -0.4 is 9.47 Å². The van der Waals surface area contributed by atoms with Crippen LogP contribution in [-0.4, -0.2) is 33.2 Å². The molecule has 4 heteroatoms. The molecule has 4 nitrogen and oxygen atoms in total. The topological polar surface area (TPSA) is 36.9 Å². The molecule has 0 N–H and O–H groups in total. The molecule has 0 aromatic heterocycles. The molecule has 1 saturated heterocycles. The van der Waals surface area contributed by atoms with Crippen molar-refractivity contribution in [3.8, 4) is 11.5 Å². The molecule has 0 bridgehead atoms. The molecule has 0 unspecified atom stereocenters. The van der Waals surface area contributed by atoms with Crippen LogP contribution in [0.3, 0.4) is 0 Å².